The molecule has 0 amide bonds. The molecule has 162 valence electrons. The molecular formula is C23H20F3NO3S. The Bertz CT molecular complexity index is 1040. The Hall–Kier alpha value is -3.00. The van der Waals surface area contributed by atoms with Crippen LogP contribution in [0, 0.1) is 6.92 Å². The van der Waals surface area contributed by atoms with Crippen LogP contribution in [0.1, 0.15) is 16.7 Å². The van der Waals surface area contributed by atoms with Crippen molar-refractivity contribution in [3.63, 3.8) is 0 Å². The number of halogens is 3. The molecular weight excluding hydrogens is 427 g/mol. The second-order valence-electron chi connectivity index (χ2n) is 6.71. The van der Waals surface area contributed by atoms with Crippen molar-refractivity contribution in [2.75, 3.05) is 13.7 Å². The second kappa shape index (κ2) is 9.87. The Morgan fingerprint density at radius 3 is 2.39 bits per heavy atom. The zero-order chi connectivity index (χ0) is 22.4. The van der Waals surface area contributed by atoms with Crippen LogP contribution in [0.2, 0.25) is 0 Å². The van der Waals surface area contributed by atoms with E-state index in [1.54, 1.807) is 11.8 Å². The number of carbonyl (C=O) groups is 1. The zero-order valence-corrected chi connectivity index (χ0v) is 17.7. The normalized spacial score (nSPS) is 11.3. The van der Waals surface area contributed by atoms with Crippen LogP contribution in [0.4, 0.5) is 13.2 Å². The maximum absolute atomic E-state index is 12.7. The van der Waals surface area contributed by atoms with Gasteiger partial charge in [-0.1, -0.05) is 24.3 Å². The van der Waals surface area contributed by atoms with Gasteiger partial charge in [-0.3, -0.25) is 4.98 Å². The highest BCUT2D eigenvalue weighted by molar-refractivity contribution is 7.98. The highest BCUT2D eigenvalue weighted by Crippen LogP contribution is 2.31. The molecule has 0 N–H and O–H groups in total. The molecule has 0 radical (unpaired) electrons. The van der Waals surface area contributed by atoms with E-state index in [0.29, 0.717) is 11.4 Å². The van der Waals surface area contributed by atoms with E-state index in [1.807, 2.05) is 49.4 Å². The molecule has 1 heterocycles. The Kier molecular flexibility index (Phi) is 7.22. The fourth-order valence-electron chi connectivity index (χ4n) is 2.74. The van der Waals surface area contributed by atoms with Gasteiger partial charge in [-0.2, -0.15) is 13.2 Å². The number of ether oxygens (including phenoxy) is 2. The SMILES string of the molecule is COC(=O)COc1ccc(SCc2ccc(-c3ccc(C(F)(F)F)cn3)cc2)cc1C. The standard InChI is InChI=1S/C23H20F3NO3S/c1-15-11-19(8-10-21(15)30-13-22(28)29-2)31-14-16-3-5-17(6-4-16)20-9-7-18(12-27-20)23(24,25)26/h3-12H,13-14H2,1-2H3. The molecule has 0 spiro atoms. The first-order valence-corrected chi connectivity index (χ1v) is 10.3. The number of pyridine rings is 1. The highest BCUT2D eigenvalue weighted by Gasteiger charge is 2.30. The van der Waals surface area contributed by atoms with Crippen molar-refractivity contribution in [2.24, 2.45) is 0 Å². The lowest BCUT2D eigenvalue weighted by atomic mass is 10.1. The van der Waals surface area contributed by atoms with Crippen molar-refractivity contribution in [1.82, 2.24) is 4.98 Å². The first kappa shape index (κ1) is 22.7. The van der Waals surface area contributed by atoms with Crippen molar-refractivity contribution in [2.45, 2.75) is 23.7 Å². The van der Waals surface area contributed by atoms with Crippen molar-refractivity contribution < 1.29 is 27.4 Å². The van der Waals surface area contributed by atoms with E-state index in [4.69, 9.17) is 4.74 Å². The van der Waals surface area contributed by atoms with Crippen LogP contribution in [-0.2, 0) is 21.5 Å². The molecule has 1 aromatic heterocycles. The lowest BCUT2D eigenvalue weighted by molar-refractivity contribution is -0.143. The smallest absolute Gasteiger partial charge is 0.417 e. The van der Waals surface area contributed by atoms with Crippen LogP contribution in [0.5, 0.6) is 5.75 Å². The minimum Gasteiger partial charge on any atom is -0.482 e. The van der Waals surface area contributed by atoms with Gasteiger partial charge in [0.1, 0.15) is 5.75 Å². The molecule has 2 aromatic carbocycles. The van der Waals surface area contributed by atoms with Crippen LogP contribution in [-0.4, -0.2) is 24.7 Å². The second-order valence-corrected chi connectivity index (χ2v) is 7.76. The molecule has 8 heteroatoms. The molecule has 0 atom stereocenters. The van der Waals surface area contributed by atoms with Gasteiger partial charge >= 0.3 is 12.1 Å². The number of aryl methyl sites for hydroxylation is 1. The summed E-state index contributed by atoms with van der Waals surface area (Å²) in [5.74, 6) is 0.915. The van der Waals surface area contributed by atoms with Gasteiger partial charge in [0.15, 0.2) is 6.61 Å². The van der Waals surface area contributed by atoms with E-state index in [-0.39, 0.29) is 6.61 Å². The third-order valence-corrected chi connectivity index (χ3v) is 5.53. The van der Waals surface area contributed by atoms with Crippen molar-refractivity contribution in [3.05, 3.63) is 77.5 Å². The molecule has 31 heavy (non-hydrogen) atoms. The van der Waals surface area contributed by atoms with Gasteiger partial charge in [-0.15, -0.1) is 11.8 Å². The molecule has 0 fully saturated rings. The van der Waals surface area contributed by atoms with E-state index in [2.05, 4.69) is 9.72 Å². The number of esters is 1. The number of nitrogens with zero attached hydrogens (tertiary/aromatic N) is 1. The summed E-state index contributed by atoms with van der Waals surface area (Å²) >= 11 is 1.64. The van der Waals surface area contributed by atoms with Gasteiger partial charge in [0.25, 0.3) is 0 Å². The average Bonchev–Trinajstić information content (AvgIpc) is 2.76. The van der Waals surface area contributed by atoms with Crippen LogP contribution in [0.3, 0.4) is 0 Å². The van der Waals surface area contributed by atoms with Gasteiger partial charge < -0.3 is 9.47 Å². The number of carbonyl (C=O) groups excluding carboxylic acids is 1. The summed E-state index contributed by atoms with van der Waals surface area (Å²) in [6.07, 6.45) is -3.55. The minimum atomic E-state index is -4.39. The quantitative estimate of drug-likeness (QED) is 0.332. The van der Waals surface area contributed by atoms with Crippen LogP contribution in [0.25, 0.3) is 11.3 Å². The lowest BCUT2D eigenvalue weighted by Crippen LogP contribution is -2.12. The first-order chi connectivity index (χ1) is 14.8. The molecule has 0 aliphatic heterocycles. The molecule has 3 rings (SSSR count). The summed E-state index contributed by atoms with van der Waals surface area (Å²) < 4.78 is 48.0. The van der Waals surface area contributed by atoms with Crippen LogP contribution >= 0.6 is 11.8 Å². The van der Waals surface area contributed by atoms with Crippen molar-refractivity contribution in [3.8, 4) is 17.0 Å². The topological polar surface area (TPSA) is 48.4 Å². The number of hydrogen-bond donors (Lipinski definition) is 0. The summed E-state index contributed by atoms with van der Waals surface area (Å²) in [6, 6.07) is 15.7. The summed E-state index contributed by atoms with van der Waals surface area (Å²) in [5.41, 5.74) is 2.47. The van der Waals surface area contributed by atoms with Crippen molar-refractivity contribution >= 4 is 17.7 Å². The van der Waals surface area contributed by atoms with Gasteiger partial charge in [0.2, 0.25) is 0 Å². The third kappa shape index (κ3) is 6.24. The number of benzene rings is 2. The summed E-state index contributed by atoms with van der Waals surface area (Å²) in [6.45, 7) is 1.77. The van der Waals surface area contributed by atoms with E-state index < -0.39 is 17.7 Å². The lowest BCUT2D eigenvalue weighted by Gasteiger charge is -2.10. The number of thioether (sulfide) groups is 1. The minimum absolute atomic E-state index is 0.135. The van der Waals surface area contributed by atoms with E-state index >= 15 is 0 Å². The predicted octanol–water partition coefficient (Wildman–Crippen LogP) is 5.92. The molecule has 0 unspecified atom stereocenters. The largest absolute Gasteiger partial charge is 0.482 e. The van der Waals surface area contributed by atoms with E-state index in [0.717, 1.165) is 39.6 Å². The Morgan fingerprint density at radius 1 is 1.06 bits per heavy atom. The number of aromatic nitrogens is 1. The van der Waals surface area contributed by atoms with Gasteiger partial charge in [0.05, 0.1) is 18.4 Å². The summed E-state index contributed by atoms with van der Waals surface area (Å²) in [7, 11) is 1.31. The average molecular weight is 447 g/mol. The number of methoxy groups -OCH3 is 1. The van der Waals surface area contributed by atoms with Crippen molar-refractivity contribution in [1.29, 1.82) is 0 Å². The first-order valence-electron chi connectivity index (χ1n) is 9.32. The monoisotopic (exact) mass is 447 g/mol. The number of rotatable bonds is 7. The van der Waals surface area contributed by atoms with Gasteiger partial charge in [-0.25, -0.2) is 4.79 Å². The fourth-order valence-corrected chi connectivity index (χ4v) is 3.69. The van der Waals surface area contributed by atoms with Crippen LogP contribution < -0.4 is 4.74 Å². The Labute approximate surface area is 182 Å². The van der Waals surface area contributed by atoms with E-state index in [1.165, 1.54) is 13.2 Å². The fraction of sp³-hybridized carbons (Fsp3) is 0.217. The summed E-state index contributed by atoms with van der Waals surface area (Å²) in [4.78, 5) is 16.2. The zero-order valence-electron chi connectivity index (χ0n) is 16.9. The predicted molar refractivity (Wildman–Crippen MR) is 113 cm³/mol. The summed E-state index contributed by atoms with van der Waals surface area (Å²) in [5, 5.41) is 0. The van der Waals surface area contributed by atoms with E-state index in [9.17, 15) is 18.0 Å². The molecule has 0 bridgehead atoms. The molecule has 0 saturated carbocycles. The number of hydrogen-bond acceptors (Lipinski definition) is 5. The maximum atomic E-state index is 12.7. The molecule has 4 nitrogen and oxygen atoms in total. The molecule has 0 saturated heterocycles. The Balaban J connectivity index is 1.59. The maximum Gasteiger partial charge on any atom is 0.417 e. The molecule has 3 aromatic rings. The highest BCUT2D eigenvalue weighted by atomic mass is 32.2. The van der Waals surface area contributed by atoms with Gasteiger partial charge in [0, 0.05) is 22.4 Å². The molecule has 0 aliphatic rings. The third-order valence-electron chi connectivity index (χ3n) is 4.47. The van der Waals surface area contributed by atoms with Crippen LogP contribution in [0.15, 0.2) is 65.7 Å². The van der Waals surface area contributed by atoms with Gasteiger partial charge in [-0.05, 0) is 48.4 Å². The molecule has 0 aliphatic carbocycles. The Morgan fingerprint density at radius 2 is 1.81 bits per heavy atom. The number of alkyl halides is 3.